The minimum atomic E-state index is -0.406. The van der Waals surface area contributed by atoms with Gasteiger partial charge in [-0.3, -0.25) is 9.59 Å². The maximum atomic E-state index is 12.9. The van der Waals surface area contributed by atoms with Crippen molar-refractivity contribution in [1.29, 1.82) is 0 Å². The van der Waals surface area contributed by atoms with E-state index in [4.69, 9.17) is 27.9 Å². The number of dihydropyridines is 1. The molecule has 0 fully saturated rings. The number of ketones is 2. The SMILES string of the molecule is CC(C)COc1c(Cl)cc(C2C3=C(CCCC3=O)NC3=C2C(=O)CCC3)cc1Cl. The van der Waals surface area contributed by atoms with Crippen LogP contribution in [0.15, 0.2) is 34.7 Å². The molecule has 6 heteroatoms. The molecule has 0 atom stereocenters. The molecule has 29 heavy (non-hydrogen) atoms. The van der Waals surface area contributed by atoms with Crippen molar-refractivity contribution in [3.8, 4) is 5.75 Å². The van der Waals surface area contributed by atoms with Crippen LogP contribution in [-0.4, -0.2) is 18.2 Å². The summed E-state index contributed by atoms with van der Waals surface area (Å²) in [5.74, 6) is 0.581. The highest BCUT2D eigenvalue weighted by Crippen LogP contribution is 2.47. The third-order valence-corrected chi connectivity index (χ3v) is 6.27. The van der Waals surface area contributed by atoms with Crippen LogP contribution in [0.25, 0.3) is 0 Å². The Morgan fingerprint density at radius 3 is 1.97 bits per heavy atom. The molecule has 3 aliphatic rings. The topological polar surface area (TPSA) is 55.4 Å². The monoisotopic (exact) mass is 433 g/mol. The summed E-state index contributed by atoms with van der Waals surface area (Å²) in [5, 5.41) is 4.23. The van der Waals surface area contributed by atoms with Gasteiger partial charge >= 0.3 is 0 Å². The Kier molecular flexibility index (Phi) is 5.76. The molecule has 0 radical (unpaired) electrons. The van der Waals surface area contributed by atoms with E-state index in [1.54, 1.807) is 12.1 Å². The van der Waals surface area contributed by atoms with Crippen LogP contribution in [0.5, 0.6) is 5.75 Å². The Morgan fingerprint density at radius 1 is 0.966 bits per heavy atom. The van der Waals surface area contributed by atoms with Gasteiger partial charge in [0.05, 0.1) is 16.7 Å². The Balaban J connectivity index is 1.82. The van der Waals surface area contributed by atoms with E-state index in [1.165, 1.54) is 0 Å². The van der Waals surface area contributed by atoms with Gasteiger partial charge < -0.3 is 10.1 Å². The smallest absolute Gasteiger partial charge is 0.161 e. The van der Waals surface area contributed by atoms with Crippen molar-refractivity contribution in [2.45, 2.75) is 58.3 Å². The molecular weight excluding hydrogens is 409 g/mol. The van der Waals surface area contributed by atoms with Gasteiger partial charge in [0.2, 0.25) is 0 Å². The minimum absolute atomic E-state index is 0.0982. The predicted octanol–water partition coefficient (Wildman–Crippen LogP) is 5.73. The fraction of sp³-hybridized carbons (Fsp3) is 0.478. The molecule has 0 amide bonds. The van der Waals surface area contributed by atoms with Crippen molar-refractivity contribution in [3.05, 3.63) is 50.3 Å². The van der Waals surface area contributed by atoms with Gasteiger partial charge in [0, 0.05) is 41.3 Å². The van der Waals surface area contributed by atoms with E-state index in [0.717, 1.165) is 42.6 Å². The molecule has 1 aromatic rings. The molecule has 0 aromatic heterocycles. The van der Waals surface area contributed by atoms with E-state index in [9.17, 15) is 9.59 Å². The van der Waals surface area contributed by atoms with Crippen LogP contribution in [0.4, 0.5) is 0 Å². The number of ether oxygens (including phenoxy) is 1. The van der Waals surface area contributed by atoms with Gasteiger partial charge in [-0.1, -0.05) is 37.0 Å². The van der Waals surface area contributed by atoms with Crippen LogP contribution < -0.4 is 10.1 Å². The van der Waals surface area contributed by atoms with Crippen LogP contribution in [-0.2, 0) is 9.59 Å². The first kappa shape index (κ1) is 20.5. The Labute approximate surface area is 181 Å². The number of nitrogens with one attached hydrogen (secondary N) is 1. The van der Waals surface area contributed by atoms with Crippen LogP contribution in [0, 0.1) is 5.92 Å². The lowest BCUT2D eigenvalue weighted by molar-refractivity contribution is -0.116. The number of Topliss-reactive ketones (excluding diaryl/α,β-unsaturated/α-hetero) is 2. The highest BCUT2D eigenvalue weighted by molar-refractivity contribution is 6.37. The molecular formula is C23H25Cl2NO3. The lowest BCUT2D eigenvalue weighted by atomic mass is 9.71. The van der Waals surface area contributed by atoms with Gasteiger partial charge in [0.1, 0.15) is 0 Å². The van der Waals surface area contributed by atoms with E-state index in [0.29, 0.717) is 52.3 Å². The van der Waals surface area contributed by atoms with E-state index in [-0.39, 0.29) is 11.6 Å². The molecule has 0 saturated carbocycles. The second-order valence-electron chi connectivity index (χ2n) is 8.41. The summed E-state index contributed by atoms with van der Waals surface area (Å²) >= 11 is 13.1. The van der Waals surface area contributed by atoms with Crippen molar-refractivity contribution in [2.75, 3.05) is 6.61 Å². The average molecular weight is 434 g/mol. The second-order valence-corrected chi connectivity index (χ2v) is 9.23. The van der Waals surface area contributed by atoms with Gasteiger partial charge in [-0.15, -0.1) is 0 Å². The molecule has 0 unspecified atom stereocenters. The zero-order valence-corrected chi connectivity index (χ0v) is 18.3. The zero-order valence-electron chi connectivity index (χ0n) is 16.7. The summed E-state index contributed by atoms with van der Waals surface area (Å²) in [6.45, 7) is 4.61. The van der Waals surface area contributed by atoms with Gasteiger partial charge in [-0.25, -0.2) is 0 Å². The summed E-state index contributed by atoms with van der Waals surface area (Å²) in [7, 11) is 0. The second kappa shape index (κ2) is 8.16. The molecule has 2 aliphatic carbocycles. The first-order chi connectivity index (χ1) is 13.9. The van der Waals surface area contributed by atoms with Crippen LogP contribution in [0.1, 0.15) is 63.9 Å². The lowest BCUT2D eigenvalue weighted by Crippen LogP contribution is -2.36. The van der Waals surface area contributed by atoms with E-state index in [1.807, 2.05) is 0 Å². The van der Waals surface area contributed by atoms with Crippen LogP contribution >= 0.6 is 23.2 Å². The molecule has 0 spiro atoms. The maximum Gasteiger partial charge on any atom is 0.161 e. The molecule has 4 rings (SSSR count). The third-order valence-electron chi connectivity index (χ3n) is 5.71. The average Bonchev–Trinajstić information content (AvgIpc) is 2.66. The first-order valence-electron chi connectivity index (χ1n) is 10.3. The standard InChI is InChI=1S/C23H25Cl2NO3/c1-12(2)11-29-23-14(24)9-13(10-15(23)25)20-21-16(5-3-7-18(21)27)26-17-6-4-8-19(28)22(17)20/h9-10,12,20,26H,3-8,11H2,1-2H3. The highest BCUT2D eigenvalue weighted by Gasteiger charge is 2.40. The number of rotatable bonds is 4. The molecule has 1 aromatic carbocycles. The van der Waals surface area contributed by atoms with E-state index in [2.05, 4.69) is 19.2 Å². The quantitative estimate of drug-likeness (QED) is 0.658. The number of halogens is 2. The molecule has 1 heterocycles. The highest BCUT2D eigenvalue weighted by atomic mass is 35.5. The van der Waals surface area contributed by atoms with E-state index >= 15 is 0 Å². The summed E-state index contributed by atoms with van der Waals surface area (Å²) in [6, 6.07) is 3.61. The molecule has 0 bridgehead atoms. The van der Waals surface area contributed by atoms with Gasteiger partial charge in [-0.05, 0) is 49.3 Å². The van der Waals surface area contributed by atoms with Crippen molar-refractivity contribution < 1.29 is 14.3 Å². The number of carbonyl (C=O) groups excluding carboxylic acids is 2. The molecule has 1 aliphatic heterocycles. The molecule has 154 valence electrons. The van der Waals surface area contributed by atoms with Gasteiger partial charge in [0.25, 0.3) is 0 Å². The normalized spacial score (nSPS) is 20.0. The Hall–Kier alpha value is -1.78. The van der Waals surface area contributed by atoms with Crippen molar-refractivity contribution >= 4 is 34.8 Å². The van der Waals surface area contributed by atoms with Crippen molar-refractivity contribution in [3.63, 3.8) is 0 Å². The lowest BCUT2D eigenvalue weighted by Gasteiger charge is -2.37. The largest absolute Gasteiger partial charge is 0.490 e. The third kappa shape index (κ3) is 3.85. The van der Waals surface area contributed by atoms with Gasteiger partial charge in [-0.2, -0.15) is 0 Å². The number of carbonyl (C=O) groups is 2. The number of hydrogen-bond acceptors (Lipinski definition) is 4. The van der Waals surface area contributed by atoms with Crippen molar-refractivity contribution in [2.24, 2.45) is 5.92 Å². The predicted molar refractivity (Wildman–Crippen MR) is 114 cm³/mol. The molecule has 0 saturated heterocycles. The zero-order chi connectivity index (χ0) is 20.7. The maximum absolute atomic E-state index is 12.9. The molecule has 1 N–H and O–H groups in total. The summed E-state index contributed by atoms with van der Waals surface area (Å²) in [5.41, 5.74) is 4.09. The summed E-state index contributed by atoms with van der Waals surface area (Å²) in [4.78, 5) is 25.8. The van der Waals surface area contributed by atoms with Gasteiger partial charge in [0.15, 0.2) is 17.3 Å². The Bertz CT molecular complexity index is 880. The minimum Gasteiger partial charge on any atom is -0.490 e. The first-order valence-corrected chi connectivity index (χ1v) is 11.0. The number of benzene rings is 1. The molecule has 4 nitrogen and oxygen atoms in total. The number of hydrogen-bond donors (Lipinski definition) is 1. The van der Waals surface area contributed by atoms with E-state index < -0.39 is 5.92 Å². The van der Waals surface area contributed by atoms with Crippen LogP contribution in [0.2, 0.25) is 10.0 Å². The summed E-state index contributed by atoms with van der Waals surface area (Å²) in [6.07, 6.45) is 4.31. The fourth-order valence-electron chi connectivity index (χ4n) is 4.45. The summed E-state index contributed by atoms with van der Waals surface area (Å²) < 4.78 is 5.79. The fourth-order valence-corrected chi connectivity index (χ4v) is 5.06. The number of allylic oxidation sites excluding steroid dienone is 4. The Morgan fingerprint density at radius 2 is 1.48 bits per heavy atom. The van der Waals surface area contributed by atoms with Crippen molar-refractivity contribution in [1.82, 2.24) is 5.32 Å². The van der Waals surface area contributed by atoms with Crippen LogP contribution in [0.3, 0.4) is 0 Å².